The molecule has 0 aromatic rings. The molecule has 0 amide bonds. The van der Waals surface area contributed by atoms with Gasteiger partial charge in [-0.05, 0) is 25.2 Å². The molecule has 3 heteroatoms. The molecule has 0 aliphatic heterocycles. The van der Waals surface area contributed by atoms with Gasteiger partial charge in [-0.25, -0.2) is 0 Å². The molecule has 1 aliphatic rings. The fraction of sp³-hybridized carbons (Fsp3) is 1.00. The molecule has 0 radical (unpaired) electrons. The minimum absolute atomic E-state index is 0.275. The summed E-state index contributed by atoms with van der Waals surface area (Å²) in [7, 11) is 1.74. The van der Waals surface area contributed by atoms with Crippen LogP contribution >= 0.6 is 0 Å². The average Bonchev–Trinajstić information content (AvgIpc) is 3.09. The first-order valence-corrected chi connectivity index (χ1v) is 6.97. The molecule has 1 atom stereocenters. The number of methoxy groups -OCH3 is 1. The fourth-order valence-corrected chi connectivity index (χ4v) is 2.14. The van der Waals surface area contributed by atoms with Crippen molar-refractivity contribution in [3.63, 3.8) is 0 Å². The monoisotopic (exact) mass is 243 g/mol. The molecule has 1 rings (SSSR count). The van der Waals surface area contributed by atoms with Crippen molar-refractivity contribution in [2.24, 2.45) is 11.3 Å². The van der Waals surface area contributed by atoms with Gasteiger partial charge in [0.2, 0.25) is 0 Å². The van der Waals surface area contributed by atoms with Crippen molar-refractivity contribution in [1.82, 2.24) is 5.32 Å². The number of rotatable bonds is 11. The molecule has 1 fully saturated rings. The van der Waals surface area contributed by atoms with E-state index in [1.807, 2.05) is 0 Å². The van der Waals surface area contributed by atoms with Crippen molar-refractivity contribution < 1.29 is 9.47 Å². The molecule has 0 heterocycles. The van der Waals surface area contributed by atoms with E-state index in [0.717, 1.165) is 38.8 Å². The van der Waals surface area contributed by atoms with E-state index < -0.39 is 0 Å². The molecule has 1 unspecified atom stereocenters. The third kappa shape index (κ3) is 7.02. The summed E-state index contributed by atoms with van der Waals surface area (Å²) in [5.41, 5.74) is 0.275. The lowest BCUT2D eigenvalue weighted by atomic mass is 9.86. The van der Waals surface area contributed by atoms with Gasteiger partial charge >= 0.3 is 0 Å². The Morgan fingerprint density at radius 3 is 2.71 bits per heavy atom. The van der Waals surface area contributed by atoms with Crippen molar-refractivity contribution in [2.75, 3.05) is 40.0 Å². The zero-order chi connectivity index (χ0) is 12.6. The number of hydrogen-bond donors (Lipinski definition) is 1. The van der Waals surface area contributed by atoms with Crippen molar-refractivity contribution in [3.8, 4) is 0 Å². The predicted octanol–water partition coefficient (Wildman–Crippen LogP) is 2.46. The highest BCUT2D eigenvalue weighted by molar-refractivity contribution is 4.78. The van der Waals surface area contributed by atoms with Crippen LogP contribution in [-0.2, 0) is 9.47 Å². The van der Waals surface area contributed by atoms with Gasteiger partial charge in [0.25, 0.3) is 0 Å². The fourth-order valence-electron chi connectivity index (χ4n) is 2.14. The van der Waals surface area contributed by atoms with Gasteiger partial charge in [0.1, 0.15) is 0 Å². The zero-order valence-electron chi connectivity index (χ0n) is 11.8. The number of ether oxygens (including phenoxy) is 2. The van der Waals surface area contributed by atoms with Gasteiger partial charge in [-0.15, -0.1) is 0 Å². The summed E-state index contributed by atoms with van der Waals surface area (Å²) >= 11 is 0. The Bertz CT molecular complexity index is 195. The summed E-state index contributed by atoms with van der Waals surface area (Å²) in [6.45, 7) is 9.16. The summed E-state index contributed by atoms with van der Waals surface area (Å²) in [5, 5.41) is 3.46. The molecule has 0 spiro atoms. The van der Waals surface area contributed by atoms with Gasteiger partial charge in [-0.1, -0.05) is 20.3 Å². The van der Waals surface area contributed by atoms with Crippen LogP contribution in [0.2, 0.25) is 0 Å². The van der Waals surface area contributed by atoms with Crippen molar-refractivity contribution in [3.05, 3.63) is 0 Å². The van der Waals surface area contributed by atoms with Crippen LogP contribution in [0.3, 0.4) is 0 Å². The highest BCUT2D eigenvalue weighted by Gasteiger charge is 2.26. The van der Waals surface area contributed by atoms with Gasteiger partial charge in [-0.2, -0.15) is 0 Å². The molecule has 3 nitrogen and oxygen atoms in total. The minimum Gasteiger partial charge on any atom is -0.383 e. The molecule has 1 N–H and O–H groups in total. The van der Waals surface area contributed by atoms with E-state index in [1.165, 1.54) is 25.7 Å². The minimum atomic E-state index is 0.275. The summed E-state index contributed by atoms with van der Waals surface area (Å²) in [4.78, 5) is 0. The Kier molecular flexibility index (Phi) is 7.09. The largest absolute Gasteiger partial charge is 0.383 e. The lowest BCUT2D eigenvalue weighted by Gasteiger charge is -2.29. The van der Waals surface area contributed by atoms with Crippen LogP contribution in [0.1, 0.15) is 39.5 Å². The SMILES string of the molecule is CCCC(C)(CNCCOC)COCC1CC1. The highest BCUT2D eigenvalue weighted by atomic mass is 16.5. The molecule has 0 aromatic heterocycles. The Labute approximate surface area is 106 Å². The summed E-state index contributed by atoms with van der Waals surface area (Å²) in [5.74, 6) is 0.863. The Balaban J connectivity index is 2.15. The van der Waals surface area contributed by atoms with Crippen molar-refractivity contribution in [2.45, 2.75) is 39.5 Å². The van der Waals surface area contributed by atoms with E-state index in [1.54, 1.807) is 7.11 Å². The Hall–Kier alpha value is -0.120. The third-order valence-corrected chi connectivity index (χ3v) is 3.39. The maximum atomic E-state index is 5.86. The first-order valence-electron chi connectivity index (χ1n) is 6.97. The van der Waals surface area contributed by atoms with E-state index in [4.69, 9.17) is 9.47 Å². The predicted molar refractivity (Wildman–Crippen MR) is 71.3 cm³/mol. The van der Waals surface area contributed by atoms with Gasteiger partial charge < -0.3 is 14.8 Å². The highest BCUT2D eigenvalue weighted by Crippen LogP contribution is 2.30. The quantitative estimate of drug-likeness (QED) is 0.565. The maximum Gasteiger partial charge on any atom is 0.0587 e. The van der Waals surface area contributed by atoms with Crippen LogP contribution < -0.4 is 5.32 Å². The van der Waals surface area contributed by atoms with Gasteiger partial charge in [0, 0.05) is 32.2 Å². The second kappa shape index (κ2) is 8.06. The molecule has 102 valence electrons. The molecular weight excluding hydrogens is 214 g/mol. The lowest BCUT2D eigenvalue weighted by Crippen LogP contribution is -2.37. The Morgan fingerprint density at radius 2 is 2.12 bits per heavy atom. The molecule has 1 saturated carbocycles. The first kappa shape index (κ1) is 14.9. The second-order valence-electron chi connectivity index (χ2n) is 5.69. The normalized spacial score (nSPS) is 19.2. The average molecular weight is 243 g/mol. The van der Waals surface area contributed by atoms with Crippen LogP contribution in [0.4, 0.5) is 0 Å². The summed E-state index contributed by atoms with van der Waals surface area (Å²) in [6.07, 6.45) is 5.18. The third-order valence-electron chi connectivity index (χ3n) is 3.39. The van der Waals surface area contributed by atoms with Gasteiger partial charge in [-0.3, -0.25) is 0 Å². The van der Waals surface area contributed by atoms with E-state index in [2.05, 4.69) is 19.2 Å². The number of nitrogens with one attached hydrogen (secondary N) is 1. The van der Waals surface area contributed by atoms with Crippen molar-refractivity contribution >= 4 is 0 Å². The van der Waals surface area contributed by atoms with Crippen LogP contribution in [-0.4, -0.2) is 40.0 Å². The standard InChI is InChI=1S/C14H29NO2/c1-4-7-14(2,11-15-8-9-16-3)12-17-10-13-5-6-13/h13,15H,4-12H2,1-3H3. The summed E-state index contributed by atoms with van der Waals surface area (Å²) in [6, 6.07) is 0. The molecule has 1 aliphatic carbocycles. The molecule has 0 saturated heterocycles. The zero-order valence-corrected chi connectivity index (χ0v) is 11.8. The lowest BCUT2D eigenvalue weighted by molar-refractivity contribution is 0.0408. The molecule has 17 heavy (non-hydrogen) atoms. The van der Waals surface area contributed by atoms with Crippen LogP contribution in [0.15, 0.2) is 0 Å². The van der Waals surface area contributed by atoms with E-state index in [-0.39, 0.29) is 5.41 Å². The van der Waals surface area contributed by atoms with Crippen LogP contribution in [0.25, 0.3) is 0 Å². The topological polar surface area (TPSA) is 30.5 Å². The van der Waals surface area contributed by atoms with Crippen molar-refractivity contribution in [1.29, 1.82) is 0 Å². The molecule has 0 bridgehead atoms. The molecular formula is C14H29NO2. The number of hydrogen-bond acceptors (Lipinski definition) is 3. The second-order valence-corrected chi connectivity index (χ2v) is 5.69. The van der Waals surface area contributed by atoms with Gasteiger partial charge in [0.05, 0.1) is 13.2 Å². The van der Waals surface area contributed by atoms with Gasteiger partial charge in [0.15, 0.2) is 0 Å². The van der Waals surface area contributed by atoms with Crippen LogP contribution in [0, 0.1) is 11.3 Å². The maximum absolute atomic E-state index is 5.86. The molecule has 0 aromatic carbocycles. The van der Waals surface area contributed by atoms with E-state index in [9.17, 15) is 0 Å². The smallest absolute Gasteiger partial charge is 0.0587 e. The van der Waals surface area contributed by atoms with E-state index >= 15 is 0 Å². The van der Waals surface area contributed by atoms with Crippen LogP contribution in [0.5, 0.6) is 0 Å². The van der Waals surface area contributed by atoms with E-state index in [0.29, 0.717) is 0 Å². The first-order chi connectivity index (χ1) is 8.20. The summed E-state index contributed by atoms with van der Waals surface area (Å²) < 4.78 is 10.9. The Morgan fingerprint density at radius 1 is 1.35 bits per heavy atom.